The third-order valence-electron chi connectivity index (χ3n) is 7.59. The Hall–Kier alpha value is -3.50. The molecule has 0 saturated heterocycles. The third-order valence-corrected chi connectivity index (χ3v) is 7.59. The fourth-order valence-corrected chi connectivity index (χ4v) is 5.11. The number of carbonyl (C=O) groups excluding carboxylic acids is 1. The number of nitrogens with zero attached hydrogens (tertiary/aromatic N) is 1. The second-order valence-corrected chi connectivity index (χ2v) is 12.7. The van der Waals surface area contributed by atoms with Crippen LogP contribution in [0, 0.1) is 17.2 Å². The van der Waals surface area contributed by atoms with E-state index in [0.717, 1.165) is 22.3 Å². The zero-order valence-corrected chi connectivity index (χ0v) is 24.9. The molecule has 0 aliphatic heterocycles. The van der Waals surface area contributed by atoms with Crippen molar-refractivity contribution in [1.82, 2.24) is 5.32 Å². The molecule has 3 aromatic rings. The summed E-state index contributed by atoms with van der Waals surface area (Å²) in [5.41, 5.74) is 2.07. The van der Waals surface area contributed by atoms with E-state index in [1.165, 1.54) is 0 Å². The Morgan fingerprint density at radius 2 is 1.46 bits per heavy atom. The van der Waals surface area contributed by atoms with Crippen LogP contribution in [0.15, 0.2) is 72.8 Å². The van der Waals surface area contributed by atoms with Gasteiger partial charge in [-0.05, 0) is 92.3 Å². The summed E-state index contributed by atoms with van der Waals surface area (Å²) in [6, 6.07) is 25.9. The van der Waals surface area contributed by atoms with E-state index in [-0.39, 0.29) is 11.8 Å². The van der Waals surface area contributed by atoms with Gasteiger partial charge in [-0.3, -0.25) is 4.79 Å². The highest BCUT2D eigenvalue weighted by molar-refractivity contribution is 5.82. The van der Waals surface area contributed by atoms with Gasteiger partial charge >= 0.3 is 0 Å². The number of hydrogen-bond donors (Lipinski definition) is 3. The summed E-state index contributed by atoms with van der Waals surface area (Å²) in [5, 5.41) is 34.0. The minimum atomic E-state index is -1.13. The van der Waals surface area contributed by atoms with Gasteiger partial charge in [-0.25, -0.2) is 0 Å². The van der Waals surface area contributed by atoms with Gasteiger partial charge in [0.05, 0.1) is 17.3 Å². The van der Waals surface area contributed by atoms with Crippen molar-refractivity contribution in [3.05, 3.63) is 95.1 Å². The van der Waals surface area contributed by atoms with E-state index >= 15 is 0 Å². The molecule has 1 amide bonds. The van der Waals surface area contributed by atoms with Crippen molar-refractivity contribution in [2.24, 2.45) is 5.92 Å². The normalized spacial score (nSPS) is 16.1. The van der Waals surface area contributed by atoms with Crippen LogP contribution in [0.2, 0.25) is 0 Å². The van der Waals surface area contributed by atoms with Crippen LogP contribution < -0.4 is 5.32 Å². The van der Waals surface area contributed by atoms with Crippen molar-refractivity contribution in [2.75, 3.05) is 0 Å². The first kappa shape index (κ1) is 30.5. The molecule has 0 bridgehead atoms. The van der Waals surface area contributed by atoms with Crippen LogP contribution in [-0.2, 0) is 20.7 Å². The molecular weight excluding hydrogens is 512 g/mol. The Balaban J connectivity index is 1.67. The molecule has 1 aliphatic carbocycles. The quantitative estimate of drug-likeness (QED) is 0.251. The van der Waals surface area contributed by atoms with E-state index in [2.05, 4.69) is 25.2 Å². The summed E-state index contributed by atoms with van der Waals surface area (Å²) in [4.78, 5) is 13.3. The SMILES string of the molecule is CC(C)C[C@H](O[C@H](c1ccccc1)c1ccc(-c2ccc(C(C)(C)O)c(C(C)(C)O)c2)cc1)C(=O)NC1(C#N)CC1. The van der Waals surface area contributed by atoms with E-state index < -0.39 is 28.9 Å². The fraction of sp³-hybridized carbons (Fsp3) is 0.429. The number of aliphatic hydroxyl groups is 2. The van der Waals surface area contributed by atoms with Gasteiger partial charge in [-0.2, -0.15) is 5.26 Å². The number of ether oxygens (including phenoxy) is 1. The number of nitrogens with one attached hydrogen (secondary N) is 1. The topological polar surface area (TPSA) is 103 Å². The predicted molar refractivity (Wildman–Crippen MR) is 161 cm³/mol. The minimum Gasteiger partial charge on any atom is -0.386 e. The molecule has 0 heterocycles. The number of benzene rings is 3. The molecule has 1 fully saturated rings. The molecule has 1 aliphatic rings. The number of nitriles is 1. The summed E-state index contributed by atoms with van der Waals surface area (Å²) in [7, 11) is 0. The molecular formula is C35H42N2O4. The molecule has 0 unspecified atom stereocenters. The van der Waals surface area contributed by atoms with Crippen molar-refractivity contribution in [2.45, 2.75) is 89.8 Å². The second kappa shape index (κ2) is 11.8. The van der Waals surface area contributed by atoms with Gasteiger partial charge < -0.3 is 20.3 Å². The summed E-state index contributed by atoms with van der Waals surface area (Å²) < 4.78 is 6.59. The van der Waals surface area contributed by atoms with Crippen LogP contribution in [0.4, 0.5) is 0 Å². The van der Waals surface area contributed by atoms with Gasteiger partial charge in [0.15, 0.2) is 0 Å². The minimum absolute atomic E-state index is 0.221. The smallest absolute Gasteiger partial charge is 0.250 e. The molecule has 3 N–H and O–H groups in total. The molecule has 3 aromatic carbocycles. The zero-order valence-electron chi connectivity index (χ0n) is 24.9. The van der Waals surface area contributed by atoms with Crippen LogP contribution in [0.1, 0.15) is 89.2 Å². The van der Waals surface area contributed by atoms with E-state index in [1.807, 2.05) is 72.8 Å². The molecule has 41 heavy (non-hydrogen) atoms. The maximum Gasteiger partial charge on any atom is 0.250 e. The van der Waals surface area contributed by atoms with E-state index in [9.17, 15) is 20.3 Å². The first-order valence-corrected chi connectivity index (χ1v) is 14.4. The zero-order chi connectivity index (χ0) is 30.0. The molecule has 1 saturated carbocycles. The lowest BCUT2D eigenvalue weighted by Crippen LogP contribution is -2.44. The van der Waals surface area contributed by atoms with Gasteiger partial charge in [-0.15, -0.1) is 0 Å². The Morgan fingerprint density at radius 1 is 0.902 bits per heavy atom. The van der Waals surface area contributed by atoms with Crippen LogP contribution in [0.5, 0.6) is 0 Å². The summed E-state index contributed by atoms with van der Waals surface area (Å²) in [6.07, 6.45) is 0.663. The average Bonchev–Trinajstić information content (AvgIpc) is 3.70. The van der Waals surface area contributed by atoms with Crippen LogP contribution in [-0.4, -0.2) is 27.8 Å². The number of hydrogen-bond acceptors (Lipinski definition) is 5. The van der Waals surface area contributed by atoms with Crippen molar-refractivity contribution < 1.29 is 19.7 Å². The van der Waals surface area contributed by atoms with Crippen LogP contribution in [0.25, 0.3) is 11.1 Å². The molecule has 0 aromatic heterocycles. The van der Waals surface area contributed by atoms with Gasteiger partial charge in [0.25, 0.3) is 0 Å². The lowest BCUT2D eigenvalue weighted by atomic mass is 9.83. The Bertz CT molecular complexity index is 1390. The Labute approximate surface area is 244 Å². The van der Waals surface area contributed by atoms with Crippen molar-refractivity contribution in [3.8, 4) is 17.2 Å². The van der Waals surface area contributed by atoms with Crippen LogP contribution >= 0.6 is 0 Å². The molecule has 0 radical (unpaired) electrons. The highest BCUT2D eigenvalue weighted by atomic mass is 16.5. The highest BCUT2D eigenvalue weighted by Gasteiger charge is 2.46. The Morgan fingerprint density at radius 3 is 1.98 bits per heavy atom. The largest absolute Gasteiger partial charge is 0.386 e. The lowest BCUT2D eigenvalue weighted by molar-refractivity contribution is -0.137. The average molecular weight is 555 g/mol. The van der Waals surface area contributed by atoms with Gasteiger partial charge in [0, 0.05) is 0 Å². The lowest BCUT2D eigenvalue weighted by Gasteiger charge is -2.29. The standard InChI is InChI=1S/C35H42N2O4/c1-23(2)20-30(32(38)37-35(22-36)18-19-35)41-31(25-10-8-7-9-11-25)26-14-12-24(13-15-26)27-16-17-28(33(3,4)39)29(21-27)34(5,6)40/h7-17,21,23,30-31,39-40H,18-20H2,1-6H3,(H,37,38)/t30-,31+/m0/s1. The second-order valence-electron chi connectivity index (χ2n) is 12.7. The van der Waals surface area contributed by atoms with Crippen molar-refractivity contribution >= 4 is 5.91 Å². The van der Waals surface area contributed by atoms with Crippen LogP contribution in [0.3, 0.4) is 0 Å². The molecule has 2 atom stereocenters. The summed E-state index contributed by atoms with van der Waals surface area (Å²) in [5.74, 6) is -0.0278. The maximum absolute atomic E-state index is 13.3. The molecule has 0 spiro atoms. The Kier molecular flexibility index (Phi) is 8.75. The fourth-order valence-electron chi connectivity index (χ4n) is 5.11. The number of rotatable bonds is 11. The number of amides is 1. The third kappa shape index (κ3) is 7.42. The van der Waals surface area contributed by atoms with E-state index in [1.54, 1.807) is 27.7 Å². The van der Waals surface area contributed by atoms with E-state index in [0.29, 0.717) is 30.4 Å². The molecule has 6 nitrogen and oxygen atoms in total. The molecule has 4 rings (SSSR count). The van der Waals surface area contributed by atoms with Crippen molar-refractivity contribution in [1.29, 1.82) is 5.26 Å². The first-order valence-electron chi connectivity index (χ1n) is 14.4. The molecule has 216 valence electrons. The number of carbonyl (C=O) groups is 1. The van der Waals surface area contributed by atoms with Gasteiger partial charge in [0.1, 0.15) is 17.7 Å². The first-order chi connectivity index (χ1) is 19.2. The van der Waals surface area contributed by atoms with E-state index in [4.69, 9.17) is 4.74 Å². The summed E-state index contributed by atoms with van der Waals surface area (Å²) >= 11 is 0. The highest BCUT2D eigenvalue weighted by Crippen LogP contribution is 2.37. The maximum atomic E-state index is 13.3. The van der Waals surface area contributed by atoms with Crippen molar-refractivity contribution in [3.63, 3.8) is 0 Å². The predicted octanol–water partition coefficient (Wildman–Crippen LogP) is 6.50. The molecule has 6 heteroatoms. The summed E-state index contributed by atoms with van der Waals surface area (Å²) in [6.45, 7) is 11.0. The van der Waals surface area contributed by atoms with Gasteiger partial charge in [0.2, 0.25) is 5.91 Å². The van der Waals surface area contributed by atoms with Gasteiger partial charge in [-0.1, -0.05) is 80.6 Å². The monoisotopic (exact) mass is 554 g/mol.